The molecule has 9 N–H and O–H groups in total. The lowest BCUT2D eigenvalue weighted by Crippen LogP contribution is -2.37. The summed E-state index contributed by atoms with van der Waals surface area (Å²) in [5.41, 5.74) is 20.5. The van der Waals surface area contributed by atoms with Crippen LogP contribution < -0.4 is 27.4 Å². The molecule has 13 rings (SSSR count). The Morgan fingerprint density at radius 3 is 1.24 bits per heavy atom. The monoisotopic (exact) mass is 1480 g/mol. The second-order valence-electron chi connectivity index (χ2n) is 27.5. The highest BCUT2D eigenvalue weighted by Crippen LogP contribution is 2.39. The normalized spacial score (nSPS) is 13.5. The number of pyridine rings is 3. The number of hydrogen-bond donors (Lipinski definition) is 7. The lowest BCUT2D eigenvalue weighted by molar-refractivity contribution is -0.157. The van der Waals surface area contributed by atoms with Crippen LogP contribution in [0.25, 0.3) is 50.7 Å². The number of esters is 1. The number of rotatable bonds is 22. The Bertz CT molecular complexity index is 4920. The Labute approximate surface area is 613 Å². The number of alkyl carbamates (subject to hydrolysis) is 1. The fraction of sp³-hybridized carbons (Fsp3) is 0.342. The SMILES string of the molecule is CC(C)(C)OC(=O)CCC(=O)O.CC(C)(C)OC(=O)NCC(=O)Nc1ccc(-c2cccc3nc(CC(=O)C4CC4)nn23)cc1.Cc1ccc(S(=O)(=O)P(C)O)cc1.NCC(=O)Nc1ccc(-c2cccc3nc(CC(=O)C4CC4)nn23)cc1.Nc1ccc(-c2cccc3nc(CC(=O)C4CC4)nn23)cc1. The minimum Gasteiger partial charge on any atom is -0.481 e. The summed E-state index contributed by atoms with van der Waals surface area (Å²) in [7, 11) is -5.43. The molecule has 0 bridgehead atoms. The van der Waals surface area contributed by atoms with E-state index < -0.39 is 46.0 Å². The number of nitrogens with two attached hydrogens (primary N) is 2. The van der Waals surface area contributed by atoms with Crippen LogP contribution >= 0.6 is 7.35 Å². The summed E-state index contributed by atoms with van der Waals surface area (Å²) in [5, 5.41) is 29.7. The molecule has 6 heterocycles. The second-order valence-corrected chi connectivity index (χ2v) is 32.9. The van der Waals surface area contributed by atoms with Crippen molar-refractivity contribution in [1.29, 1.82) is 0 Å². The molecule has 0 spiro atoms. The number of aryl methyl sites for hydroxylation is 1. The summed E-state index contributed by atoms with van der Waals surface area (Å²) >= 11 is 0. The van der Waals surface area contributed by atoms with Crippen molar-refractivity contribution >= 4 is 98.0 Å². The number of amides is 3. The van der Waals surface area contributed by atoms with E-state index in [9.17, 15) is 46.8 Å². The van der Waals surface area contributed by atoms with Crippen LogP contribution in [0, 0.1) is 24.7 Å². The van der Waals surface area contributed by atoms with Crippen molar-refractivity contribution in [3.63, 3.8) is 0 Å². The maximum atomic E-state index is 12.1. The van der Waals surface area contributed by atoms with Crippen LogP contribution in [0.15, 0.2) is 157 Å². The number of fused-ring (bicyclic) bond motifs is 3. The van der Waals surface area contributed by atoms with Crippen LogP contribution in [-0.4, -0.2) is 140 Å². The molecule has 10 aromatic rings. The van der Waals surface area contributed by atoms with Gasteiger partial charge in [0, 0.05) is 51.5 Å². The molecule has 3 aliphatic carbocycles. The fourth-order valence-corrected chi connectivity index (χ4v) is 12.4. The van der Waals surface area contributed by atoms with Crippen LogP contribution in [0.1, 0.15) is 116 Å². The van der Waals surface area contributed by atoms with E-state index in [1.165, 1.54) is 18.8 Å². The first-order valence-electron chi connectivity index (χ1n) is 34.4. The number of nitrogen functional groups attached to an aromatic ring is 1. The average Bonchev–Trinajstić information content (AvgIpc) is 1.39. The number of nitrogens with zero attached hydrogens (tertiary/aromatic N) is 9. The molecule has 28 nitrogen and oxygen atoms in total. The maximum Gasteiger partial charge on any atom is 0.408 e. The van der Waals surface area contributed by atoms with Gasteiger partial charge in [0.2, 0.25) is 21.3 Å². The Morgan fingerprint density at radius 2 is 0.896 bits per heavy atom. The van der Waals surface area contributed by atoms with Gasteiger partial charge in [-0.1, -0.05) is 72.3 Å². The molecule has 556 valence electrons. The molecule has 3 fully saturated rings. The largest absolute Gasteiger partial charge is 0.481 e. The Balaban J connectivity index is 0.000000161. The molecule has 3 saturated carbocycles. The minimum absolute atomic E-state index is 0.0532. The van der Waals surface area contributed by atoms with E-state index in [0.29, 0.717) is 46.6 Å². The van der Waals surface area contributed by atoms with Gasteiger partial charge < -0.3 is 46.9 Å². The second kappa shape index (κ2) is 35.2. The molecular formula is C76H87N14O14PS. The highest BCUT2D eigenvalue weighted by molar-refractivity contribution is 8.48. The first-order valence-corrected chi connectivity index (χ1v) is 38.2. The Hall–Kier alpha value is -11.0. The predicted molar refractivity (Wildman–Crippen MR) is 401 cm³/mol. The van der Waals surface area contributed by atoms with Gasteiger partial charge in [0.25, 0.3) is 0 Å². The average molecular weight is 1480 g/mol. The van der Waals surface area contributed by atoms with E-state index in [4.69, 9.17) is 30.9 Å². The maximum absolute atomic E-state index is 12.1. The molecular weight excluding hydrogens is 1400 g/mol. The van der Waals surface area contributed by atoms with Crippen LogP contribution in [-0.2, 0) is 71.8 Å². The van der Waals surface area contributed by atoms with Crippen molar-refractivity contribution in [3.8, 4) is 33.8 Å². The van der Waals surface area contributed by atoms with Crippen molar-refractivity contribution in [1.82, 2.24) is 49.1 Å². The number of carboxylic acid groups (broad SMARTS) is 1. The molecule has 106 heavy (non-hydrogen) atoms. The molecule has 0 radical (unpaired) electrons. The van der Waals surface area contributed by atoms with Gasteiger partial charge in [-0.3, -0.25) is 33.6 Å². The number of aromatic nitrogens is 9. The van der Waals surface area contributed by atoms with E-state index in [1.54, 1.807) is 79.4 Å². The van der Waals surface area contributed by atoms with Crippen LogP contribution in [0.4, 0.5) is 21.9 Å². The van der Waals surface area contributed by atoms with Crippen molar-refractivity contribution in [2.75, 3.05) is 36.1 Å². The summed E-state index contributed by atoms with van der Waals surface area (Å²) < 4.78 is 38.1. The van der Waals surface area contributed by atoms with Crippen LogP contribution in [0.5, 0.6) is 0 Å². The van der Waals surface area contributed by atoms with E-state index >= 15 is 0 Å². The Kier molecular flexibility index (Phi) is 26.3. The van der Waals surface area contributed by atoms with Gasteiger partial charge >= 0.3 is 18.0 Å². The topological polar surface area (TPSA) is 408 Å². The number of hydrogen-bond acceptors (Lipinski definition) is 21. The number of carbonyl (C=O) groups excluding carboxylic acids is 7. The fourth-order valence-electron chi connectivity index (χ4n) is 10.3. The van der Waals surface area contributed by atoms with E-state index in [0.717, 1.165) is 89.2 Å². The van der Waals surface area contributed by atoms with E-state index in [2.05, 4.69) is 46.2 Å². The van der Waals surface area contributed by atoms with Gasteiger partial charge in [0.15, 0.2) is 41.8 Å². The number of benzene rings is 4. The van der Waals surface area contributed by atoms with Crippen molar-refractivity contribution < 1.29 is 66.2 Å². The number of Topliss-reactive ketones (excluding diaryl/α,β-unsaturated/α-hetero) is 3. The van der Waals surface area contributed by atoms with Gasteiger partial charge in [0.1, 0.15) is 35.1 Å². The molecule has 1 atom stereocenters. The molecule has 3 aliphatic rings. The van der Waals surface area contributed by atoms with Gasteiger partial charge in [-0.2, -0.15) is 15.3 Å². The van der Waals surface area contributed by atoms with Gasteiger partial charge in [0.05, 0.1) is 60.6 Å². The highest BCUT2D eigenvalue weighted by Gasteiger charge is 2.33. The van der Waals surface area contributed by atoms with E-state index in [-0.39, 0.29) is 90.6 Å². The summed E-state index contributed by atoms with van der Waals surface area (Å²) in [6.07, 6.45) is 5.95. The summed E-state index contributed by atoms with van der Waals surface area (Å²) in [4.78, 5) is 115. The summed E-state index contributed by atoms with van der Waals surface area (Å²) in [5.74, 6) is 0.935. The first-order chi connectivity index (χ1) is 50.3. The molecule has 30 heteroatoms. The first kappa shape index (κ1) is 79.1. The third-order valence-corrected chi connectivity index (χ3v) is 20.3. The summed E-state index contributed by atoms with van der Waals surface area (Å²) in [6, 6.07) is 46.0. The van der Waals surface area contributed by atoms with Crippen LogP contribution in [0.3, 0.4) is 0 Å². The zero-order valence-electron chi connectivity index (χ0n) is 60.2. The third-order valence-electron chi connectivity index (χ3n) is 16.0. The number of ketones is 3. The number of ether oxygens (including phenoxy) is 2. The number of nitrogens with one attached hydrogen (secondary N) is 3. The summed E-state index contributed by atoms with van der Waals surface area (Å²) in [6.45, 7) is 13.4. The predicted octanol–water partition coefficient (Wildman–Crippen LogP) is 10.6. The number of carboxylic acids is 1. The van der Waals surface area contributed by atoms with Crippen molar-refractivity contribution in [2.45, 2.75) is 135 Å². The minimum atomic E-state index is -3.47. The molecule has 0 aliphatic heterocycles. The molecule has 1 unspecified atom stereocenters. The lowest BCUT2D eigenvalue weighted by atomic mass is 10.1. The van der Waals surface area contributed by atoms with Crippen molar-refractivity contribution in [3.05, 3.63) is 175 Å². The van der Waals surface area contributed by atoms with E-state index in [1.807, 2.05) is 122 Å². The van der Waals surface area contributed by atoms with Gasteiger partial charge in [-0.05, 0) is 179 Å². The third kappa shape index (κ3) is 23.8. The quantitative estimate of drug-likeness (QED) is 0.0188. The Morgan fingerprint density at radius 1 is 0.528 bits per heavy atom. The molecule has 6 aromatic heterocycles. The number of aliphatic carboxylic acids is 1. The highest BCUT2D eigenvalue weighted by atomic mass is 32.8. The van der Waals surface area contributed by atoms with Gasteiger partial charge in [-0.25, -0.2) is 41.7 Å². The standard InChI is InChI=1S/C24H27N5O4.C19H19N5O2.C17H16N4O.C8H14O4.C8H11O3PS/c1-24(2,3)33-23(32)25-14-22(31)26-17-11-9-15(10-12-17)18-5-4-6-21-27-20(28-29(18)21)13-19(30)16-7-8-16;20-11-19(26)21-14-8-6-12(7-9-14)15-2-1-3-18-22-17(23-24(15)18)10-16(25)13-4-5-13;18-13-8-6-11(7-9-13)14-2-1-3-17-19-16(20-21(14)17)10-15(22)12-4-5-12;1-8(2,3)12-7(11)5-4-6(9)10;1-7-3-5-8(6-4-7)13(10,11)12(2)9/h4-6,9-12,16H,7-8,13-14H2,1-3H3,(H,25,32)(H,26,31);1-3,6-9,13H,4-5,10-11,20H2,(H,21,26);1-3,6-9,12H,4-5,10,18H2;4-5H2,1-3H3,(H,9,10);3-6,9H,1-2H3. The molecule has 0 saturated heterocycles. The lowest BCUT2D eigenvalue weighted by Gasteiger charge is -2.19. The number of carbonyl (C=O) groups is 8. The van der Waals surface area contributed by atoms with Crippen LogP contribution in [0.2, 0.25) is 0 Å². The molecule has 3 amide bonds. The smallest absolute Gasteiger partial charge is 0.408 e. The molecule has 4 aromatic carbocycles. The zero-order chi connectivity index (χ0) is 76.6. The van der Waals surface area contributed by atoms with Gasteiger partial charge in [-0.15, -0.1) is 0 Å². The van der Waals surface area contributed by atoms with Crippen molar-refractivity contribution in [2.24, 2.45) is 23.5 Å². The number of anilines is 3. The zero-order valence-corrected chi connectivity index (χ0v) is 61.9.